The second kappa shape index (κ2) is 5.68. The molecule has 21 heavy (non-hydrogen) atoms. The molecule has 3 nitrogen and oxygen atoms in total. The van der Waals surface area contributed by atoms with Crippen molar-refractivity contribution in [1.82, 2.24) is 4.98 Å². The smallest absolute Gasteiger partial charge is 0.149 e. The Bertz CT molecular complexity index is 654. The molecular formula is C16H17F2N3. The third-order valence-electron chi connectivity index (χ3n) is 3.62. The van der Waals surface area contributed by atoms with Gasteiger partial charge in [-0.1, -0.05) is 0 Å². The molecule has 2 N–H and O–H groups in total. The third kappa shape index (κ3) is 3.12. The van der Waals surface area contributed by atoms with Crippen molar-refractivity contribution in [3.8, 4) is 11.3 Å². The van der Waals surface area contributed by atoms with Crippen LogP contribution in [0.4, 0.5) is 20.3 Å². The van der Waals surface area contributed by atoms with E-state index in [-0.39, 0.29) is 0 Å². The first-order valence-corrected chi connectivity index (χ1v) is 7.05. The molecule has 3 rings (SSSR count). The molecule has 0 unspecified atom stereocenters. The summed E-state index contributed by atoms with van der Waals surface area (Å²) >= 11 is 0. The molecule has 1 aromatic heterocycles. The maximum Gasteiger partial charge on any atom is 0.149 e. The van der Waals surface area contributed by atoms with Crippen LogP contribution in [-0.2, 0) is 0 Å². The number of rotatable bonds is 5. The molecule has 5 heteroatoms. The molecule has 0 atom stereocenters. The molecule has 0 bridgehead atoms. The molecule has 0 saturated heterocycles. The molecule has 1 aliphatic carbocycles. The minimum absolute atomic E-state index is 0.293. The Labute approximate surface area is 122 Å². The normalized spacial score (nSPS) is 14.0. The Kier molecular flexibility index (Phi) is 3.73. The Hall–Kier alpha value is -2.17. The molecule has 1 fully saturated rings. The van der Waals surface area contributed by atoms with Crippen molar-refractivity contribution >= 4 is 11.5 Å². The second-order valence-corrected chi connectivity index (χ2v) is 5.29. The highest BCUT2D eigenvalue weighted by atomic mass is 19.1. The van der Waals surface area contributed by atoms with Crippen LogP contribution in [0.5, 0.6) is 0 Å². The van der Waals surface area contributed by atoms with E-state index in [2.05, 4.69) is 15.6 Å². The summed E-state index contributed by atoms with van der Waals surface area (Å²) in [4.78, 5) is 4.41. The number of aromatic nitrogens is 1. The first-order chi connectivity index (χ1) is 10.2. The fraction of sp³-hybridized carbons (Fsp3) is 0.312. The van der Waals surface area contributed by atoms with Gasteiger partial charge in [0, 0.05) is 25.2 Å². The zero-order valence-electron chi connectivity index (χ0n) is 11.8. The minimum atomic E-state index is -0.608. The summed E-state index contributed by atoms with van der Waals surface area (Å²) in [6.07, 6.45) is 2.54. The summed E-state index contributed by atoms with van der Waals surface area (Å²) in [6.45, 7) is 0.931. The second-order valence-electron chi connectivity index (χ2n) is 5.29. The van der Waals surface area contributed by atoms with Crippen molar-refractivity contribution in [3.63, 3.8) is 0 Å². The number of nitrogens with zero attached hydrogens (tertiary/aromatic N) is 1. The molecule has 2 aromatic rings. The Morgan fingerprint density at radius 3 is 2.67 bits per heavy atom. The molecule has 0 amide bonds. The van der Waals surface area contributed by atoms with Crippen LogP contribution >= 0.6 is 0 Å². The van der Waals surface area contributed by atoms with Gasteiger partial charge in [-0.25, -0.2) is 13.8 Å². The maximum absolute atomic E-state index is 13.8. The zero-order valence-corrected chi connectivity index (χ0v) is 11.8. The Balaban J connectivity index is 1.88. The van der Waals surface area contributed by atoms with Crippen LogP contribution < -0.4 is 10.6 Å². The molecular weight excluding hydrogens is 272 g/mol. The number of hydrogen-bond acceptors (Lipinski definition) is 3. The van der Waals surface area contributed by atoms with E-state index in [0.29, 0.717) is 17.1 Å². The van der Waals surface area contributed by atoms with E-state index in [1.807, 2.05) is 6.07 Å². The standard InChI is InChI=1S/C16H17F2N3/c1-19-16-15(20-9-10-2-3-10)7-6-14(21-16)12-5-4-11(17)8-13(12)18/h4-8,10,20H,2-3,9H2,1H3,(H,19,21). The van der Waals surface area contributed by atoms with Gasteiger partial charge in [-0.05, 0) is 43.0 Å². The molecule has 1 saturated carbocycles. The molecule has 110 valence electrons. The number of pyridine rings is 1. The van der Waals surface area contributed by atoms with Gasteiger partial charge in [-0.3, -0.25) is 0 Å². The van der Waals surface area contributed by atoms with Crippen molar-refractivity contribution < 1.29 is 8.78 Å². The molecule has 0 spiro atoms. The number of hydrogen-bond donors (Lipinski definition) is 2. The largest absolute Gasteiger partial charge is 0.382 e. The van der Waals surface area contributed by atoms with Crippen LogP contribution in [-0.4, -0.2) is 18.6 Å². The van der Waals surface area contributed by atoms with Gasteiger partial charge in [0.2, 0.25) is 0 Å². The van der Waals surface area contributed by atoms with E-state index in [1.165, 1.54) is 25.0 Å². The summed E-state index contributed by atoms with van der Waals surface area (Å²) in [6, 6.07) is 7.13. The molecule has 1 aliphatic rings. The van der Waals surface area contributed by atoms with Crippen LogP contribution in [0.2, 0.25) is 0 Å². The summed E-state index contributed by atoms with van der Waals surface area (Å²) in [5.74, 6) is 0.219. The molecule has 1 aromatic carbocycles. The van der Waals surface area contributed by atoms with Crippen LogP contribution in [0, 0.1) is 17.6 Å². The van der Waals surface area contributed by atoms with Crippen molar-refractivity contribution in [3.05, 3.63) is 42.0 Å². The van der Waals surface area contributed by atoms with Crippen LogP contribution in [0.1, 0.15) is 12.8 Å². The fourth-order valence-electron chi connectivity index (χ4n) is 2.22. The first kappa shape index (κ1) is 13.8. The lowest BCUT2D eigenvalue weighted by atomic mass is 10.1. The SMILES string of the molecule is CNc1nc(-c2ccc(F)cc2F)ccc1NCC1CC1. The van der Waals surface area contributed by atoms with Gasteiger partial charge < -0.3 is 10.6 Å². The maximum atomic E-state index is 13.8. The van der Waals surface area contributed by atoms with Crippen LogP contribution in [0.25, 0.3) is 11.3 Å². The minimum Gasteiger partial charge on any atom is -0.382 e. The highest BCUT2D eigenvalue weighted by Gasteiger charge is 2.21. The van der Waals surface area contributed by atoms with E-state index in [9.17, 15) is 8.78 Å². The highest BCUT2D eigenvalue weighted by molar-refractivity contribution is 5.71. The van der Waals surface area contributed by atoms with Gasteiger partial charge in [0.1, 0.15) is 17.5 Å². The van der Waals surface area contributed by atoms with Crippen molar-refractivity contribution in [1.29, 1.82) is 0 Å². The van der Waals surface area contributed by atoms with Crippen molar-refractivity contribution in [2.45, 2.75) is 12.8 Å². The van der Waals surface area contributed by atoms with Gasteiger partial charge >= 0.3 is 0 Å². The summed E-state index contributed by atoms with van der Waals surface area (Å²) in [7, 11) is 1.77. The molecule has 0 aliphatic heterocycles. The summed E-state index contributed by atoms with van der Waals surface area (Å²) < 4.78 is 26.8. The lowest BCUT2D eigenvalue weighted by Gasteiger charge is -2.12. The predicted octanol–water partition coefficient (Wildman–Crippen LogP) is 3.89. The fourth-order valence-corrected chi connectivity index (χ4v) is 2.22. The lowest BCUT2D eigenvalue weighted by molar-refractivity contribution is 0.585. The molecule has 0 radical (unpaired) electrons. The Morgan fingerprint density at radius 2 is 2.00 bits per heavy atom. The van der Waals surface area contributed by atoms with Gasteiger partial charge in [0.15, 0.2) is 0 Å². The van der Waals surface area contributed by atoms with Gasteiger partial charge in [0.25, 0.3) is 0 Å². The summed E-state index contributed by atoms with van der Waals surface area (Å²) in [5.41, 5.74) is 1.67. The first-order valence-electron chi connectivity index (χ1n) is 7.05. The topological polar surface area (TPSA) is 37.0 Å². The third-order valence-corrected chi connectivity index (χ3v) is 3.62. The van der Waals surface area contributed by atoms with Gasteiger partial charge in [0.05, 0.1) is 11.4 Å². The molecule has 1 heterocycles. The van der Waals surface area contributed by atoms with E-state index in [0.717, 1.165) is 24.2 Å². The van der Waals surface area contributed by atoms with E-state index >= 15 is 0 Å². The number of halogens is 2. The quantitative estimate of drug-likeness (QED) is 0.876. The number of benzene rings is 1. The predicted molar refractivity (Wildman–Crippen MR) is 80.3 cm³/mol. The van der Waals surface area contributed by atoms with Crippen molar-refractivity contribution in [2.75, 3.05) is 24.2 Å². The van der Waals surface area contributed by atoms with Gasteiger partial charge in [-0.2, -0.15) is 0 Å². The average Bonchev–Trinajstić information content (AvgIpc) is 3.29. The zero-order chi connectivity index (χ0) is 14.8. The summed E-state index contributed by atoms with van der Waals surface area (Å²) in [5, 5.41) is 6.36. The lowest BCUT2D eigenvalue weighted by Crippen LogP contribution is -2.07. The van der Waals surface area contributed by atoms with E-state index in [4.69, 9.17) is 0 Å². The monoisotopic (exact) mass is 289 g/mol. The van der Waals surface area contributed by atoms with E-state index in [1.54, 1.807) is 13.1 Å². The average molecular weight is 289 g/mol. The van der Waals surface area contributed by atoms with Crippen LogP contribution in [0.3, 0.4) is 0 Å². The Morgan fingerprint density at radius 1 is 1.19 bits per heavy atom. The number of anilines is 2. The van der Waals surface area contributed by atoms with Crippen LogP contribution in [0.15, 0.2) is 30.3 Å². The van der Waals surface area contributed by atoms with Gasteiger partial charge in [-0.15, -0.1) is 0 Å². The van der Waals surface area contributed by atoms with Crippen molar-refractivity contribution in [2.24, 2.45) is 5.92 Å². The highest BCUT2D eigenvalue weighted by Crippen LogP contribution is 2.31. The van der Waals surface area contributed by atoms with E-state index < -0.39 is 11.6 Å². The number of nitrogens with one attached hydrogen (secondary N) is 2.